The summed E-state index contributed by atoms with van der Waals surface area (Å²) in [6.45, 7) is 0.695. The van der Waals surface area contributed by atoms with Gasteiger partial charge in [0.15, 0.2) is 0 Å². The van der Waals surface area contributed by atoms with Crippen molar-refractivity contribution < 1.29 is 14.7 Å². The first-order chi connectivity index (χ1) is 7.16. The lowest BCUT2D eigenvalue weighted by Gasteiger charge is -2.34. The van der Waals surface area contributed by atoms with Gasteiger partial charge >= 0.3 is 5.97 Å². The highest BCUT2D eigenvalue weighted by atomic mass is 16.4. The van der Waals surface area contributed by atoms with Crippen LogP contribution in [0.25, 0.3) is 0 Å². The van der Waals surface area contributed by atoms with Crippen molar-refractivity contribution in [2.24, 2.45) is 5.92 Å². The molecule has 1 saturated carbocycles. The summed E-state index contributed by atoms with van der Waals surface area (Å²) in [5, 5.41) is 14.9. The van der Waals surface area contributed by atoms with Crippen LogP contribution in [0, 0.1) is 5.92 Å². The number of hydrogen-bond acceptors (Lipinski definition) is 3. The lowest BCUT2D eigenvalue weighted by molar-refractivity contribution is -0.146. The van der Waals surface area contributed by atoms with Gasteiger partial charge in [0.05, 0.1) is 5.92 Å². The molecule has 2 aliphatic rings. The number of carbonyl (C=O) groups excluding carboxylic acids is 1. The topological polar surface area (TPSA) is 78.4 Å². The molecule has 3 atom stereocenters. The molecule has 0 aromatic carbocycles. The average molecular weight is 212 g/mol. The highest BCUT2D eigenvalue weighted by Gasteiger charge is 2.36. The van der Waals surface area contributed by atoms with E-state index in [9.17, 15) is 9.59 Å². The minimum Gasteiger partial charge on any atom is -0.481 e. The van der Waals surface area contributed by atoms with E-state index in [1.807, 2.05) is 0 Å². The molecule has 1 aliphatic heterocycles. The number of carboxylic acids is 1. The quantitative estimate of drug-likeness (QED) is 0.599. The molecule has 3 N–H and O–H groups in total. The molecule has 2 fully saturated rings. The highest BCUT2D eigenvalue weighted by Crippen LogP contribution is 2.27. The number of aliphatic carboxylic acids is 1. The van der Waals surface area contributed by atoms with E-state index in [0.29, 0.717) is 13.0 Å². The molecule has 1 amide bonds. The van der Waals surface area contributed by atoms with Gasteiger partial charge in [-0.05, 0) is 19.3 Å². The first kappa shape index (κ1) is 10.4. The normalized spacial score (nSPS) is 34.7. The molecule has 1 saturated heterocycles. The lowest BCUT2D eigenvalue weighted by atomic mass is 9.79. The third kappa shape index (κ3) is 2.28. The minimum absolute atomic E-state index is 0.0972. The number of carbonyl (C=O) groups is 2. The van der Waals surface area contributed by atoms with Crippen LogP contribution in [-0.4, -0.2) is 35.6 Å². The summed E-state index contributed by atoms with van der Waals surface area (Å²) in [6.07, 6.45) is 3.15. The van der Waals surface area contributed by atoms with Gasteiger partial charge in [0.2, 0.25) is 5.91 Å². The van der Waals surface area contributed by atoms with Crippen LogP contribution in [-0.2, 0) is 9.59 Å². The molecule has 0 aromatic rings. The summed E-state index contributed by atoms with van der Waals surface area (Å²) >= 11 is 0. The molecule has 84 valence electrons. The van der Waals surface area contributed by atoms with E-state index in [0.717, 1.165) is 19.3 Å². The predicted molar refractivity (Wildman–Crippen MR) is 53.3 cm³/mol. The van der Waals surface area contributed by atoms with Crippen LogP contribution in [0.3, 0.4) is 0 Å². The van der Waals surface area contributed by atoms with Gasteiger partial charge in [0.25, 0.3) is 0 Å². The Morgan fingerprint density at radius 3 is 2.73 bits per heavy atom. The number of nitrogens with one attached hydrogen (secondary N) is 2. The Labute approximate surface area is 88.2 Å². The molecule has 15 heavy (non-hydrogen) atoms. The molecule has 0 bridgehead atoms. The molecule has 5 heteroatoms. The first-order valence-electron chi connectivity index (χ1n) is 5.42. The SMILES string of the molecule is O=C1CCC(CNC2CCC2C(=O)O)N1. The highest BCUT2D eigenvalue weighted by molar-refractivity contribution is 5.78. The van der Waals surface area contributed by atoms with Crippen LogP contribution >= 0.6 is 0 Å². The third-order valence-electron chi connectivity index (χ3n) is 3.30. The Hall–Kier alpha value is -1.10. The van der Waals surface area contributed by atoms with Crippen molar-refractivity contribution in [3.8, 4) is 0 Å². The van der Waals surface area contributed by atoms with Gasteiger partial charge in [-0.2, -0.15) is 0 Å². The van der Waals surface area contributed by atoms with E-state index in [2.05, 4.69) is 10.6 Å². The van der Waals surface area contributed by atoms with Crippen molar-refractivity contribution in [1.29, 1.82) is 0 Å². The molecular weight excluding hydrogens is 196 g/mol. The molecule has 2 rings (SSSR count). The largest absolute Gasteiger partial charge is 0.481 e. The average Bonchev–Trinajstić information content (AvgIpc) is 2.48. The maximum atomic E-state index is 10.9. The molecular formula is C10H16N2O3. The van der Waals surface area contributed by atoms with E-state index in [-0.39, 0.29) is 23.9 Å². The smallest absolute Gasteiger partial charge is 0.308 e. The van der Waals surface area contributed by atoms with Gasteiger partial charge in [-0.25, -0.2) is 0 Å². The van der Waals surface area contributed by atoms with E-state index in [1.165, 1.54) is 0 Å². The summed E-state index contributed by atoms with van der Waals surface area (Å²) in [7, 11) is 0. The molecule has 0 spiro atoms. The van der Waals surface area contributed by atoms with Crippen LogP contribution in [0.1, 0.15) is 25.7 Å². The summed E-state index contributed by atoms with van der Waals surface area (Å²) in [4.78, 5) is 21.7. The number of carboxylic acid groups (broad SMARTS) is 1. The van der Waals surface area contributed by atoms with Gasteiger partial charge in [-0.15, -0.1) is 0 Å². The fourth-order valence-electron chi connectivity index (χ4n) is 2.16. The Bertz CT molecular complexity index is 280. The van der Waals surface area contributed by atoms with Crippen molar-refractivity contribution in [1.82, 2.24) is 10.6 Å². The molecule has 3 unspecified atom stereocenters. The molecule has 1 heterocycles. The summed E-state index contributed by atoms with van der Waals surface area (Å²) in [5.74, 6) is -0.846. The van der Waals surface area contributed by atoms with Gasteiger partial charge in [-0.3, -0.25) is 9.59 Å². The first-order valence-corrected chi connectivity index (χ1v) is 5.42. The van der Waals surface area contributed by atoms with Crippen LogP contribution in [0.15, 0.2) is 0 Å². The Morgan fingerprint density at radius 2 is 2.27 bits per heavy atom. The van der Waals surface area contributed by atoms with E-state index in [1.54, 1.807) is 0 Å². The molecule has 0 aromatic heterocycles. The van der Waals surface area contributed by atoms with Crippen molar-refractivity contribution in [2.75, 3.05) is 6.54 Å². The number of rotatable bonds is 4. The van der Waals surface area contributed by atoms with Crippen LogP contribution < -0.4 is 10.6 Å². The minimum atomic E-state index is -0.714. The second kappa shape index (κ2) is 4.18. The van der Waals surface area contributed by atoms with E-state index < -0.39 is 5.97 Å². The van der Waals surface area contributed by atoms with Crippen LogP contribution in [0.2, 0.25) is 0 Å². The maximum absolute atomic E-state index is 10.9. The molecule has 0 radical (unpaired) electrons. The zero-order valence-corrected chi connectivity index (χ0v) is 8.53. The van der Waals surface area contributed by atoms with Crippen molar-refractivity contribution >= 4 is 11.9 Å². The Morgan fingerprint density at radius 1 is 1.47 bits per heavy atom. The van der Waals surface area contributed by atoms with Gasteiger partial charge < -0.3 is 15.7 Å². The Balaban J connectivity index is 1.70. The predicted octanol–water partition coefficient (Wildman–Crippen LogP) is -0.282. The zero-order chi connectivity index (χ0) is 10.8. The van der Waals surface area contributed by atoms with Crippen molar-refractivity contribution in [3.63, 3.8) is 0 Å². The maximum Gasteiger partial charge on any atom is 0.308 e. The summed E-state index contributed by atoms with van der Waals surface area (Å²) < 4.78 is 0. The fraction of sp³-hybridized carbons (Fsp3) is 0.800. The van der Waals surface area contributed by atoms with E-state index >= 15 is 0 Å². The summed E-state index contributed by atoms with van der Waals surface area (Å²) in [6, 6.07) is 0.285. The zero-order valence-electron chi connectivity index (χ0n) is 8.53. The fourth-order valence-corrected chi connectivity index (χ4v) is 2.16. The second-order valence-corrected chi connectivity index (χ2v) is 4.34. The van der Waals surface area contributed by atoms with Gasteiger partial charge in [-0.1, -0.05) is 0 Å². The monoisotopic (exact) mass is 212 g/mol. The Kier molecular flexibility index (Phi) is 2.90. The van der Waals surface area contributed by atoms with Crippen LogP contribution in [0.5, 0.6) is 0 Å². The van der Waals surface area contributed by atoms with Crippen molar-refractivity contribution in [2.45, 2.75) is 37.8 Å². The van der Waals surface area contributed by atoms with Gasteiger partial charge in [0.1, 0.15) is 0 Å². The third-order valence-corrected chi connectivity index (χ3v) is 3.30. The van der Waals surface area contributed by atoms with Crippen LogP contribution in [0.4, 0.5) is 0 Å². The number of amides is 1. The molecule has 1 aliphatic carbocycles. The number of hydrogen-bond donors (Lipinski definition) is 3. The lowest BCUT2D eigenvalue weighted by Crippen LogP contribution is -2.50. The standard InChI is InChI=1S/C10H16N2O3/c13-9-4-1-6(12-9)5-11-8-3-2-7(8)10(14)15/h6-8,11H,1-5H2,(H,12,13)(H,14,15). The van der Waals surface area contributed by atoms with Crippen molar-refractivity contribution in [3.05, 3.63) is 0 Å². The summed E-state index contributed by atoms with van der Waals surface area (Å²) in [5.41, 5.74) is 0. The second-order valence-electron chi connectivity index (χ2n) is 4.34. The molecule has 5 nitrogen and oxygen atoms in total. The van der Waals surface area contributed by atoms with E-state index in [4.69, 9.17) is 5.11 Å². The van der Waals surface area contributed by atoms with Gasteiger partial charge in [0, 0.05) is 25.0 Å².